The summed E-state index contributed by atoms with van der Waals surface area (Å²) < 4.78 is 1.21. The Morgan fingerprint density at radius 2 is 1.79 bits per heavy atom. The predicted molar refractivity (Wildman–Crippen MR) is 85.8 cm³/mol. The van der Waals surface area contributed by atoms with Crippen molar-refractivity contribution in [3.05, 3.63) is 53.4 Å². The summed E-state index contributed by atoms with van der Waals surface area (Å²) in [4.78, 5) is 0. The number of rotatable bonds is 2. The number of thiophene rings is 1. The van der Waals surface area contributed by atoms with Crippen LogP contribution in [0.5, 0.6) is 0 Å². The van der Waals surface area contributed by atoms with Gasteiger partial charge >= 0.3 is 0 Å². The molecule has 0 unspecified atom stereocenters. The Balaban J connectivity index is 2.36. The topological polar surface area (TPSA) is 26.0 Å². The van der Waals surface area contributed by atoms with Crippen LogP contribution >= 0.6 is 11.3 Å². The lowest BCUT2D eigenvalue weighted by Gasteiger charge is -2.14. The third kappa shape index (κ3) is 2.02. The molecule has 19 heavy (non-hydrogen) atoms. The van der Waals surface area contributed by atoms with Crippen molar-refractivity contribution >= 4 is 27.1 Å². The summed E-state index contributed by atoms with van der Waals surface area (Å²) in [7, 11) is 0. The molecular weight excluding hydrogens is 250 g/mol. The van der Waals surface area contributed by atoms with Crippen molar-refractivity contribution in [2.75, 3.05) is 5.73 Å². The molecule has 3 rings (SSSR count). The van der Waals surface area contributed by atoms with Gasteiger partial charge in [-0.25, -0.2) is 0 Å². The first kappa shape index (κ1) is 12.2. The van der Waals surface area contributed by atoms with E-state index in [2.05, 4.69) is 61.7 Å². The Morgan fingerprint density at radius 1 is 1.05 bits per heavy atom. The summed E-state index contributed by atoms with van der Waals surface area (Å²) in [6.45, 7) is 4.39. The first-order valence-corrected chi connectivity index (χ1v) is 7.41. The van der Waals surface area contributed by atoms with Crippen molar-refractivity contribution in [1.82, 2.24) is 0 Å². The third-order valence-electron chi connectivity index (χ3n) is 3.52. The molecule has 2 N–H and O–H groups in total. The van der Waals surface area contributed by atoms with Gasteiger partial charge in [-0.05, 0) is 40.1 Å². The van der Waals surface area contributed by atoms with Crippen LogP contribution in [0.15, 0.2) is 47.8 Å². The van der Waals surface area contributed by atoms with E-state index in [9.17, 15) is 0 Å². The lowest BCUT2D eigenvalue weighted by Crippen LogP contribution is -1.97. The zero-order valence-electron chi connectivity index (χ0n) is 11.2. The monoisotopic (exact) mass is 267 g/mol. The number of fused-ring (bicyclic) bond motifs is 1. The summed E-state index contributed by atoms with van der Waals surface area (Å²) in [5.74, 6) is 0.439. The molecule has 0 spiro atoms. The largest absolute Gasteiger partial charge is 0.397 e. The van der Waals surface area contributed by atoms with Gasteiger partial charge in [0.05, 0.1) is 10.4 Å². The molecule has 0 fully saturated rings. The lowest BCUT2D eigenvalue weighted by molar-refractivity contribution is 0.872. The highest BCUT2D eigenvalue weighted by atomic mass is 32.1. The van der Waals surface area contributed by atoms with Crippen LogP contribution in [0.3, 0.4) is 0 Å². The van der Waals surface area contributed by atoms with Gasteiger partial charge in [0.2, 0.25) is 0 Å². The summed E-state index contributed by atoms with van der Waals surface area (Å²) in [6, 6.07) is 15.0. The fourth-order valence-corrected chi connectivity index (χ4v) is 3.40. The Bertz CT molecular complexity index is 711. The molecule has 0 aliphatic heterocycles. The molecule has 3 aromatic rings. The minimum atomic E-state index is 0.439. The summed E-state index contributed by atoms with van der Waals surface area (Å²) in [5.41, 5.74) is 11.1. The van der Waals surface area contributed by atoms with Gasteiger partial charge in [-0.2, -0.15) is 0 Å². The summed E-state index contributed by atoms with van der Waals surface area (Å²) in [5, 5.41) is 3.38. The molecule has 96 valence electrons. The van der Waals surface area contributed by atoms with Crippen LogP contribution in [0.25, 0.3) is 21.2 Å². The molecule has 0 amide bonds. The van der Waals surface area contributed by atoms with Gasteiger partial charge in [-0.3, -0.25) is 0 Å². The highest BCUT2D eigenvalue weighted by molar-refractivity contribution is 7.18. The van der Waals surface area contributed by atoms with Crippen molar-refractivity contribution in [2.45, 2.75) is 19.8 Å². The van der Waals surface area contributed by atoms with Crippen molar-refractivity contribution in [1.29, 1.82) is 0 Å². The number of hydrogen-bond acceptors (Lipinski definition) is 2. The number of nitrogens with two attached hydrogens (primary N) is 1. The molecule has 0 saturated carbocycles. The van der Waals surface area contributed by atoms with Gasteiger partial charge in [-0.15, -0.1) is 11.3 Å². The van der Waals surface area contributed by atoms with Crippen LogP contribution in [0.1, 0.15) is 25.3 Å². The quantitative estimate of drug-likeness (QED) is 0.628. The van der Waals surface area contributed by atoms with Gasteiger partial charge in [0.25, 0.3) is 0 Å². The smallest absolute Gasteiger partial charge is 0.0581 e. The Kier molecular flexibility index (Phi) is 3.03. The maximum Gasteiger partial charge on any atom is 0.0581 e. The van der Waals surface area contributed by atoms with Crippen LogP contribution in [-0.4, -0.2) is 0 Å². The molecule has 2 heteroatoms. The zero-order chi connectivity index (χ0) is 13.4. The van der Waals surface area contributed by atoms with Crippen molar-refractivity contribution in [3.8, 4) is 11.1 Å². The minimum Gasteiger partial charge on any atom is -0.397 e. The second-order valence-electron chi connectivity index (χ2n) is 5.11. The van der Waals surface area contributed by atoms with E-state index in [1.807, 2.05) is 0 Å². The Morgan fingerprint density at radius 3 is 2.47 bits per heavy atom. The average Bonchev–Trinajstić information content (AvgIpc) is 2.89. The SMILES string of the molecule is CC(C)c1cc(-c2ccccc2)c2ccsc2c1N. The zero-order valence-corrected chi connectivity index (χ0v) is 12.0. The molecule has 1 nitrogen and oxygen atoms in total. The van der Waals surface area contributed by atoms with E-state index in [0.29, 0.717) is 5.92 Å². The fourth-order valence-electron chi connectivity index (χ4n) is 2.51. The van der Waals surface area contributed by atoms with Gasteiger partial charge in [-0.1, -0.05) is 44.2 Å². The molecular formula is C17H17NS. The van der Waals surface area contributed by atoms with Gasteiger partial charge in [0, 0.05) is 5.39 Å². The van der Waals surface area contributed by atoms with Crippen LogP contribution in [0.2, 0.25) is 0 Å². The predicted octanol–water partition coefficient (Wildman–Crippen LogP) is 5.27. The molecule has 1 aromatic heterocycles. The normalized spacial score (nSPS) is 11.3. The van der Waals surface area contributed by atoms with E-state index in [0.717, 1.165) is 5.69 Å². The Labute approximate surface area is 117 Å². The highest BCUT2D eigenvalue weighted by Gasteiger charge is 2.14. The second-order valence-corrected chi connectivity index (χ2v) is 6.03. The van der Waals surface area contributed by atoms with Crippen molar-refractivity contribution in [2.24, 2.45) is 0 Å². The lowest BCUT2D eigenvalue weighted by atomic mass is 9.93. The maximum atomic E-state index is 6.32. The number of anilines is 1. The molecule has 1 heterocycles. The molecule has 0 aliphatic carbocycles. The fraction of sp³-hybridized carbons (Fsp3) is 0.176. The van der Waals surface area contributed by atoms with Crippen molar-refractivity contribution < 1.29 is 0 Å². The van der Waals surface area contributed by atoms with Gasteiger partial charge in [0.15, 0.2) is 0 Å². The van der Waals surface area contributed by atoms with Crippen LogP contribution in [-0.2, 0) is 0 Å². The van der Waals surface area contributed by atoms with E-state index in [1.165, 1.54) is 26.8 Å². The molecule has 0 radical (unpaired) electrons. The first-order chi connectivity index (χ1) is 9.18. The van der Waals surface area contributed by atoms with Gasteiger partial charge in [0.1, 0.15) is 0 Å². The van der Waals surface area contributed by atoms with Crippen molar-refractivity contribution in [3.63, 3.8) is 0 Å². The number of nitrogen functional groups attached to an aromatic ring is 1. The molecule has 0 saturated heterocycles. The minimum absolute atomic E-state index is 0.439. The van der Waals surface area contributed by atoms with Gasteiger partial charge < -0.3 is 5.73 Å². The Hall–Kier alpha value is -1.80. The van der Waals surface area contributed by atoms with Crippen LogP contribution < -0.4 is 5.73 Å². The van der Waals surface area contributed by atoms with Crippen LogP contribution in [0.4, 0.5) is 5.69 Å². The van der Waals surface area contributed by atoms with E-state index in [4.69, 9.17) is 5.73 Å². The number of benzene rings is 2. The maximum absolute atomic E-state index is 6.32. The highest BCUT2D eigenvalue weighted by Crippen LogP contribution is 2.40. The summed E-state index contributed by atoms with van der Waals surface area (Å²) >= 11 is 1.73. The molecule has 2 aromatic carbocycles. The number of hydrogen-bond donors (Lipinski definition) is 1. The van der Waals surface area contributed by atoms with E-state index in [1.54, 1.807) is 11.3 Å². The second kappa shape index (κ2) is 4.71. The average molecular weight is 267 g/mol. The first-order valence-electron chi connectivity index (χ1n) is 6.53. The van der Waals surface area contributed by atoms with E-state index < -0.39 is 0 Å². The third-order valence-corrected chi connectivity index (χ3v) is 4.47. The summed E-state index contributed by atoms with van der Waals surface area (Å²) in [6.07, 6.45) is 0. The molecule has 0 atom stereocenters. The molecule has 0 bridgehead atoms. The molecule has 0 aliphatic rings. The standard InChI is InChI=1S/C17H17NS/c1-11(2)14-10-15(12-6-4-3-5-7-12)13-8-9-19-17(13)16(14)18/h3-11H,18H2,1-2H3. The van der Waals surface area contributed by atoms with Crippen LogP contribution in [0, 0.1) is 0 Å². The van der Waals surface area contributed by atoms with E-state index in [-0.39, 0.29) is 0 Å². The van der Waals surface area contributed by atoms with E-state index >= 15 is 0 Å².